The molecule has 0 aliphatic carbocycles. The van der Waals surface area contributed by atoms with Crippen LogP contribution in [0.2, 0.25) is 0 Å². The molecule has 6 nitrogen and oxygen atoms in total. The minimum atomic E-state index is -0.484. The number of nitrogens with one attached hydrogen (secondary N) is 1. The number of ether oxygens (including phenoxy) is 2. The van der Waals surface area contributed by atoms with Gasteiger partial charge in [0.15, 0.2) is 11.5 Å². The summed E-state index contributed by atoms with van der Waals surface area (Å²) in [7, 11) is 0. The van der Waals surface area contributed by atoms with E-state index in [2.05, 4.69) is 40.5 Å². The predicted octanol–water partition coefficient (Wildman–Crippen LogP) is 4.52. The molecule has 168 valence electrons. The molecule has 1 amide bonds. The number of benzene rings is 3. The SMILES string of the molecule is O=C1c2ccccc2NC2(CCN(Cc3ccccc3)CC2)N1c1ccc2c(c1)OCCO2. The number of para-hydroxylation sites is 1. The van der Waals surface area contributed by atoms with Gasteiger partial charge in [0.05, 0.1) is 11.3 Å². The summed E-state index contributed by atoms with van der Waals surface area (Å²) in [5.74, 6) is 1.45. The Balaban J connectivity index is 1.33. The van der Waals surface area contributed by atoms with Crippen molar-refractivity contribution in [2.75, 3.05) is 36.5 Å². The van der Waals surface area contributed by atoms with Crippen LogP contribution >= 0.6 is 0 Å². The molecule has 1 saturated heterocycles. The van der Waals surface area contributed by atoms with Gasteiger partial charge in [-0.2, -0.15) is 0 Å². The molecule has 0 aromatic heterocycles. The van der Waals surface area contributed by atoms with E-state index in [-0.39, 0.29) is 5.91 Å². The molecular formula is C27H27N3O3. The van der Waals surface area contributed by atoms with E-state index < -0.39 is 5.66 Å². The van der Waals surface area contributed by atoms with Gasteiger partial charge >= 0.3 is 0 Å². The molecule has 0 saturated carbocycles. The van der Waals surface area contributed by atoms with Gasteiger partial charge in [-0.3, -0.25) is 14.6 Å². The standard InChI is InChI=1S/C27H27N3O3/c31-26-22-8-4-5-9-23(22)28-27(12-14-29(15-13-27)19-20-6-2-1-3-7-20)30(26)21-10-11-24-25(18-21)33-17-16-32-24/h1-11,18,28H,12-17,19H2. The van der Waals surface area contributed by atoms with Crippen molar-refractivity contribution in [2.24, 2.45) is 0 Å². The van der Waals surface area contributed by atoms with Crippen LogP contribution in [0.4, 0.5) is 11.4 Å². The maximum absolute atomic E-state index is 13.8. The lowest BCUT2D eigenvalue weighted by Gasteiger charge is -2.52. The van der Waals surface area contributed by atoms with Crippen LogP contribution in [0, 0.1) is 0 Å². The van der Waals surface area contributed by atoms with E-state index in [1.807, 2.05) is 47.4 Å². The molecule has 6 heteroatoms. The molecule has 3 aromatic carbocycles. The molecule has 0 atom stereocenters. The molecule has 6 rings (SSSR count). The van der Waals surface area contributed by atoms with Crippen molar-refractivity contribution in [3.63, 3.8) is 0 Å². The normalized spacial score (nSPS) is 19.2. The fraction of sp³-hybridized carbons (Fsp3) is 0.296. The van der Waals surface area contributed by atoms with Gasteiger partial charge < -0.3 is 14.8 Å². The number of hydrogen-bond donors (Lipinski definition) is 1. The first-order chi connectivity index (χ1) is 16.2. The molecular weight excluding hydrogens is 414 g/mol. The van der Waals surface area contributed by atoms with Gasteiger partial charge in [-0.05, 0) is 29.8 Å². The Labute approximate surface area is 193 Å². The molecule has 3 heterocycles. The predicted molar refractivity (Wildman–Crippen MR) is 128 cm³/mol. The number of fused-ring (bicyclic) bond motifs is 2. The highest BCUT2D eigenvalue weighted by atomic mass is 16.6. The molecule has 0 unspecified atom stereocenters. The summed E-state index contributed by atoms with van der Waals surface area (Å²) >= 11 is 0. The summed E-state index contributed by atoms with van der Waals surface area (Å²) in [4.78, 5) is 18.3. The van der Waals surface area contributed by atoms with Crippen LogP contribution in [0.25, 0.3) is 0 Å². The average molecular weight is 442 g/mol. The first-order valence-electron chi connectivity index (χ1n) is 11.6. The Morgan fingerprint density at radius 3 is 2.39 bits per heavy atom. The van der Waals surface area contributed by atoms with Crippen LogP contribution in [0.3, 0.4) is 0 Å². The number of hydrogen-bond acceptors (Lipinski definition) is 5. The smallest absolute Gasteiger partial charge is 0.262 e. The zero-order valence-electron chi connectivity index (χ0n) is 18.5. The maximum Gasteiger partial charge on any atom is 0.262 e. The Morgan fingerprint density at radius 2 is 1.58 bits per heavy atom. The van der Waals surface area contributed by atoms with Gasteiger partial charge in [-0.1, -0.05) is 42.5 Å². The fourth-order valence-corrected chi connectivity index (χ4v) is 5.21. The minimum Gasteiger partial charge on any atom is -0.486 e. The zero-order chi connectivity index (χ0) is 22.3. The number of anilines is 2. The van der Waals surface area contributed by atoms with Crippen molar-refractivity contribution >= 4 is 17.3 Å². The molecule has 1 N–H and O–H groups in total. The Kier molecular flexibility index (Phi) is 4.95. The molecule has 1 spiro atoms. The molecule has 3 aromatic rings. The zero-order valence-corrected chi connectivity index (χ0v) is 18.5. The van der Waals surface area contributed by atoms with Crippen LogP contribution in [0.5, 0.6) is 11.5 Å². The number of likely N-dealkylation sites (tertiary alicyclic amines) is 1. The second-order valence-corrected chi connectivity index (χ2v) is 8.93. The van der Waals surface area contributed by atoms with Crippen molar-refractivity contribution < 1.29 is 14.3 Å². The maximum atomic E-state index is 13.8. The Hall–Kier alpha value is -3.51. The summed E-state index contributed by atoms with van der Waals surface area (Å²) < 4.78 is 11.5. The van der Waals surface area contributed by atoms with Crippen molar-refractivity contribution in [1.82, 2.24) is 4.90 Å². The summed E-state index contributed by atoms with van der Waals surface area (Å²) in [5.41, 5.74) is 3.28. The number of nitrogens with zero attached hydrogens (tertiary/aromatic N) is 2. The first kappa shape index (κ1) is 20.1. The van der Waals surface area contributed by atoms with Gasteiger partial charge in [-0.25, -0.2) is 0 Å². The van der Waals surface area contributed by atoms with Crippen molar-refractivity contribution in [3.8, 4) is 11.5 Å². The van der Waals surface area contributed by atoms with Crippen LogP contribution in [-0.4, -0.2) is 42.8 Å². The number of amides is 1. The Morgan fingerprint density at radius 1 is 0.848 bits per heavy atom. The average Bonchev–Trinajstić information content (AvgIpc) is 2.86. The second kappa shape index (κ2) is 8.12. The highest BCUT2D eigenvalue weighted by Gasteiger charge is 2.47. The highest BCUT2D eigenvalue weighted by molar-refractivity contribution is 6.13. The van der Waals surface area contributed by atoms with Gasteiger partial charge in [0.1, 0.15) is 18.9 Å². The Bertz CT molecular complexity index is 1170. The summed E-state index contributed by atoms with van der Waals surface area (Å²) in [5, 5.41) is 3.76. The topological polar surface area (TPSA) is 54.0 Å². The third-order valence-corrected chi connectivity index (χ3v) is 6.87. The largest absolute Gasteiger partial charge is 0.486 e. The number of carbonyl (C=O) groups is 1. The summed E-state index contributed by atoms with van der Waals surface area (Å²) in [6.07, 6.45) is 1.66. The van der Waals surface area contributed by atoms with E-state index in [1.54, 1.807) is 0 Å². The van der Waals surface area contributed by atoms with Gasteiger partial charge in [0, 0.05) is 44.2 Å². The number of carbonyl (C=O) groups excluding carboxylic acids is 1. The highest BCUT2D eigenvalue weighted by Crippen LogP contribution is 2.43. The molecule has 1 fully saturated rings. The monoisotopic (exact) mass is 441 g/mol. The second-order valence-electron chi connectivity index (χ2n) is 8.93. The van der Waals surface area contributed by atoms with Crippen molar-refractivity contribution in [2.45, 2.75) is 25.0 Å². The molecule has 3 aliphatic heterocycles. The van der Waals surface area contributed by atoms with E-state index in [0.717, 1.165) is 49.6 Å². The van der Waals surface area contributed by atoms with Gasteiger partial charge in [0.2, 0.25) is 0 Å². The fourth-order valence-electron chi connectivity index (χ4n) is 5.21. The summed E-state index contributed by atoms with van der Waals surface area (Å²) in [6, 6.07) is 24.2. The van der Waals surface area contributed by atoms with Crippen molar-refractivity contribution in [1.29, 1.82) is 0 Å². The first-order valence-corrected chi connectivity index (χ1v) is 11.6. The van der Waals surface area contributed by atoms with E-state index in [4.69, 9.17) is 9.47 Å². The van der Waals surface area contributed by atoms with Gasteiger partial charge in [-0.15, -0.1) is 0 Å². The lowest BCUT2D eigenvalue weighted by atomic mass is 9.89. The van der Waals surface area contributed by atoms with Crippen LogP contribution in [-0.2, 0) is 6.54 Å². The van der Waals surface area contributed by atoms with Gasteiger partial charge in [0.25, 0.3) is 5.91 Å². The minimum absolute atomic E-state index is 0.0255. The molecule has 0 radical (unpaired) electrons. The van der Waals surface area contributed by atoms with Crippen LogP contribution in [0.1, 0.15) is 28.8 Å². The number of rotatable bonds is 3. The van der Waals surface area contributed by atoms with E-state index in [9.17, 15) is 4.79 Å². The third kappa shape index (κ3) is 3.60. The lowest BCUT2D eigenvalue weighted by Crippen LogP contribution is -2.64. The molecule has 33 heavy (non-hydrogen) atoms. The number of piperidine rings is 1. The van der Waals surface area contributed by atoms with Crippen LogP contribution in [0.15, 0.2) is 72.8 Å². The van der Waals surface area contributed by atoms with Crippen LogP contribution < -0.4 is 19.7 Å². The van der Waals surface area contributed by atoms with E-state index >= 15 is 0 Å². The van der Waals surface area contributed by atoms with E-state index in [1.165, 1.54) is 5.56 Å². The quantitative estimate of drug-likeness (QED) is 0.648. The third-order valence-electron chi connectivity index (χ3n) is 6.87. The molecule has 0 bridgehead atoms. The molecule has 3 aliphatic rings. The summed E-state index contributed by atoms with van der Waals surface area (Å²) in [6.45, 7) is 3.79. The van der Waals surface area contributed by atoms with E-state index in [0.29, 0.717) is 24.5 Å². The lowest BCUT2D eigenvalue weighted by molar-refractivity contribution is 0.0903. The van der Waals surface area contributed by atoms with Crippen molar-refractivity contribution in [3.05, 3.63) is 83.9 Å².